The van der Waals surface area contributed by atoms with Gasteiger partial charge in [0.05, 0.1) is 15.4 Å². The van der Waals surface area contributed by atoms with E-state index in [0.29, 0.717) is 28.1 Å². The summed E-state index contributed by atoms with van der Waals surface area (Å²) in [6.07, 6.45) is 1.79. The Morgan fingerprint density at radius 3 is 2.70 bits per heavy atom. The van der Waals surface area contributed by atoms with Gasteiger partial charge in [0.2, 0.25) is 5.28 Å². The second kappa shape index (κ2) is 5.48. The molecule has 2 N–H and O–H groups in total. The summed E-state index contributed by atoms with van der Waals surface area (Å²) in [6, 6.07) is 7.37. The van der Waals surface area contributed by atoms with Gasteiger partial charge in [0.15, 0.2) is 0 Å². The molecule has 0 spiro atoms. The van der Waals surface area contributed by atoms with Gasteiger partial charge in [0, 0.05) is 12.7 Å². The molecule has 102 valence electrons. The normalized spacial score (nSPS) is 10.9. The van der Waals surface area contributed by atoms with E-state index in [2.05, 4.69) is 20.3 Å². The average Bonchev–Trinajstić information content (AvgIpc) is 2.88. The number of hydrogen-bond acceptors (Lipinski definition) is 3. The number of fused-ring (bicyclic) bond motifs is 1. The zero-order valence-electron chi connectivity index (χ0n) is 10.1. The summed E-state index contributed by atoms with van der Waals surface area (Å²) in [4.78, 5) is 11.3. The molecule has 1 aromatic carbocycles. The Morgan fingerprint density at radius 1 is 1.05 bits per heavy atom. The number of aromatic amines is 1. The van der Waals surface area contributed by atoms with Crippen LogP contribution in [0.1, 0.15) is 5.56 Å². The summed E-state index contributed by atoms with van der Waals surface area (Å²) < 4.78 is 0. The molecule has 0 saturated heterocycles. The molecule has 7 heteroatoms. The molecule has 0 amide bonds. The fourth-order valence-electron chi connectivity index (χ4n) is 1.88. The molecule has 0 fully saturated rings. The number of anilines is 1. The van der Waals surface area contributed by atoms with Crippen LogP contribution in [0.3, 0.4) is 0 Å². The van der Waals surface area contributed by atoms with Gasteiger partial charge in [0.1, 0.15) is 11.5 Å². The van der Waals surface area contributed by atoms with Gasteiger partial charge in [0.25, 0.3) is 0 Å². The molecule has 3 aromatic rings. The van der Waals surface area contributed by atoms with Crippen LogP contribution in [-0.4, -0.2) is 15.0 Å². The third-order valence-electron chi connectivity index (χ3n) is 2.83. The van der Waals surface area contributed by atoms with Gasteiger partial charge in [-0.15, -0.1) is 0 Å². The molecule has 0 aliphatic rings. The number of benzene rings is 1. The zero-order valence-corrected chi connectivity index (χ0v) is 12.4. The van der Waals surface area contributed by atoms with Crippen LogP contribution in [0.5, 0.6) is 0 Å². The largest absolute Gasteiger partial charge is 0.365 e. The monoisotopic (exact) mass is 326 g/mol. The zero-order chi connectivity index (χ0) is 14.1. The highest BCUT2D eigenvalue weighted by Crippen LogP contribution is 2.24. The highest BCUT2D eigenvalue weighted by atomic mass is 35.5. The summed E-state index contributed by atoms with van der Waals surface area (Å²) >= 11 is 17.8. The van der Waals surface area contributed by atoms with E-state index in [0.717, 1.165) is 10.9 Å². The van der Waals surface area contributed by atoms with Gasteiger partial charge >= 0.3 is 0 Å². The number of aromatic nitrogens is 3. The van der Waals surface area contributed by atoms with Crippen LogP contribution in [-0.2, 0) is 6.54 Å². The third-order valence-corrected chi connectivity index (χ3v) is 3.74. The van der Waals surface area contributed by atoms with Crippen molar-refractivity contribution in [2.45, 2.75) is 6.54 Å². The maximum absolute atomic E-state index is 5.99. The molecule has 0 aliphatic heterocycles. The smallest absolute Gasteiger partial charge is 0.226 e. The van der Waals surface area contributed by atoms with Crippen molar-refractivity contribution in [3.8, 4) is 0 Å². The minimum atomic E-state index is 0.191. The Balaban J connectivity index is 1.86. The van der Waals surface area contributed by atoms with Crippen molar-refractivity contribution in [3.63, 3.8) is 0 Å². The molecule has 0 aliphatic carbocycles. The van der Waals surface area contributed by atoms with Crippen molar-refractivity contribution >= 4 is 51.7 Å². The van der Waals surface area contributed by atoms with Gasteiger partial charge in [-0.25, -0.2) is 4.98 Å². The molecule has 0 radical (unpaired) electrons. The molecule has 0 bridgehead atoms. The topological polar surface area (TPSA) is 53.6 Å². The molecular weight excluding hydrogens is 319 g/mol. The van der Waals surface area contributed by atoms with E-state index in [9.17, 15) is 0 Å². The van der Waals surface area contributed by atoms with Crippen LogP contribution in [0.15, 0.2) is 30.5 Å². The quantitative estimate of drug-likeness (QED) is 0.695. The number of hydrogen-bond donors (Lipinski definition) is 2. The summed E-state index contributed by atoms with van der Waals surface area (Å²) in [7, 11) is 0. The minimum Gasteiger partial charge on any atom is -0.365 e. The van der Waals surface area contributed by atoms with Crippen molar-refractivity contribution in [1.82, 2.24) is 15.0 Å². The molecule has 4 nitrogen and oxygen atoms in total. The Morgan fingerprint density at radius 2 is 1.90 bits per heavy atom. The molecule has 2 heterocycles. The number of H-pyrrole nitrogens is 1. The lowest BCUT2D eigenvalue weighted by molar-refractivity contribution is 1.10. The second-order valence-electron chi connectivity index (χ2n) is 4.18. The van der Waals surface area contributed by atoms with Crippen LogP contribution in [0.4, 0.5) is 5.82 Å². The first-order valence-electron chi connectivity index (χ1n) is 5.82. The van der Waals surface area contributed by atoms with Crippen LogP contribution in [0.25, 0.3) is 11.0 Å². The highest BCUT2D eigenvalue weighted by molar-refractivity contribution is 6.42. The van der Waals surface area contributed by atoms with Crippen LogP contribution < -0.4 is 5.32 Å². The molecule has 2 aromatic heterocycles. The minimum absolute atomic E-state index is 0.191. The van der Waals surface area contributed by atoms with Gasteiger partial charge in [-0.1, -0.05) is 29.3 Å². The predicted molar refractivity (Wildman–Crippen MR) is 82.7 cm³/mol. The summed E-state index contributed by atoms with van der Waals surface area (Å²) in [5.74, 6) is 0.673. The lowest BCUT2D eigenvalue weighted by Crippen LogP contribution is -2.02. The summed E-state index contributed by atoms with van der Waals surface area (Å²) in [6.45, 7) is 0.560. The van der Waals surface area contributed by atoms with Crippen molar-refractivity contribution < 1.29 is 0 Å². The number of halogens is 3. The van der Waals surface area contributed by atoms with E-state index in [4.69, 9.17) is 34.8 Å². The number of nitrogens with zero attached hydrogens (tertiary/aromatic N) is 2. The lowest BCUT2D eigenvalue weighted by Gasteiger charge is -2.08. The molecule has 0 unspecified atom stereocenters. The van der Waals surface area contributed by atoms with Gasteiger partial charge in [-0.2, -0.15) is 4.98 Å². The van der Waals surface area contributed by atoms with Crippen molar-refractivity contribution in [2.24, 2.45) is 0 Å². The molecule has 3 rings (SSSR count). The van der Waals surface area contributed by atoms with E-state index in [1.165, 1.54) is 0 Å². The Labute approximate surface area is 130 Å². The van der Waals surface area contributed by atoms with E-state index < -0.39 is 0 Å². The maximum Gasteiger partial charge on any atom is 0.226 e. The van der Waals surface area contributed by atoms with Gasteiger partial charge in [-0.3, -0.25) is 0 Å². The molecule has 0 atom stereocenters. The van der Waals surface area contributed by atoms with Crippen LogP contribution in [0.2, 0.25) is 15.3 Å². The van der Waals surface area contributed by atoms with Crippen molar-refractivity contribution in [2.75, 3.05) is 5.32 Å². The van der Waals surface area contributed by atoms with E-state index >= 15 is 0 Å². The first-order valence-corrected chi connectivity index (χ1v) is 6.95. The number of rotatable bonds is 3. The van der Waals surface area contributed by atoms with E-state index in [-0.39, 0.29) is 5.28 Å². The van der Waals surface area contributed by atoms with E-state index in [1.807, 2.05) is 18.2 Å². The summed E-state index contributed by atoms with van der Waals surface area (Å²) in [5, 5.41) is 5.36. The van der Waals surface area contributed by atoms with Crippen molar-refractivity contribution in [3.05, 3.63) is 51.4 Å². The fourth-order valence-corrected chi connectivity index (χ4v) is 2.37. The fraction of sp³-hybridized carbons (Fsp3) is 0.0769. The lowest BCUT2D eigenvalue weighted by atomic mass is 10.2. The van der Waals surface area contributed by atoms with Gasteiger partial charge in [-0.05, 0) is 35.4 Å². The first-order chi connectivity index (χ1) is 9.63. The van der Waals surface area contributed by atoms with Crippen molar-refractivity contribution in [1.29, 1.82) is 0 Å². The Hall–Kier alpha value is -1.49. The highest BCUT2D eigenvalue weighted by Gasteiger charge is 2.07. The first kappa shape index (κ1) is 13.5. The van der Waals surface area contributed by atoms with Crippen LogP contribution in [0, 0.1) is 0 Å². The number of nitrogens with one attached hydrogen (secondary N) is 2. The Bertz CT molecular complexity index is 769. The SMILES string of the molecule is Clc1nc(NCc2ccc(Cl)c(Cl)c2)c2cc[nH]c2n1. The maximum atomic E-state index is 5.99. The standard InChI is InChI=1S/C13H9Cl3N4/c14-9-2-1-7(5-10(9)15)6-18-12-8-3-4-17-11(8)19-13(16)20-12/h1-5H,6H2,(H2,17,18,19,20). The second-order valence-corrected chi connectivity index (χ2v) is 5.34. The predicted octanol–water partition coefficient (Wildman–Crippen LogP) is 4.53. The average molecular weight is 328 g/mol. The third kappa shape index (κ3) is 2.68. The molecule has 0 saturated carbocycles. The van der Waals surface area contributed by atoms with Gasteiger partial charge < -0.3 is 10.3 Å². The Kier molecular flexibility index (Phi) is 3.70. The summed E-state index contributed by atoms with van der Waals surface area (Å²) in [5.41, 5.74) is 1.69. The molecule has 20 heavy (non-hydrogen) atoms. The molecular formula is C13H9Cl3N4. The van der Waals surface area contributed by atoms with E-state index in [1.54, 1.807) is 12.3 Å². The van der Waals surface area contributed by atoms with Crippen LogP contribution >= 0.6 is 34.8 Å².